The predicted octanol–water partition coefficient (Wildman–Crippen LogP) is -8.99. The van der Waals surface area contributed by atoms with E-state index in [1.807, 2.05) is 0 Å². The van der Waals surface area contributed by atoms with E-state index in [-0.39, 0.29) is 99.0 Å². The van der Waals surface area contributed by atoms with Gasteiger partial charge >= 0.3 is 82.6 Å². The van der Waals surface area contributed by atoms with Crippen LogP contribution in [0.3, 0.4) is 0 Å². The van der Waals surface area contributed by atoms with E-state index < -0.39 is 27.5 Å². The van der Waals surface area contributed by atoms with Gasteiger partial charge in [0.05, 0.1) is 0 Å². The average Bonchev–Trinajstić information content (AvgIpc) is 1.54. The maximum atomic E-state index is 8.52. The molecule has 12 nitrogen and oxygen atoms in total. The fraction of sp³-hybridized carbons (Fsp3) is 0. The average molecular weight is 558 g/mol. The molecule has 0 atom stereocenters. The van der Waals surface area contributed by atoms with Crippen molar-refractivity contribution < 1.29 is 141 Å². The van der Waals surface area contributed by atoms with E-state index in [4.69, 9.17) is 42.2 Å². The third-order valence-corrected chi connectivity index (χ3v) is 0. The molecular weight excluding hydrogens is 558 g/mol. The van der Waals surface area contributed by atoms with Crippen molar-refractivity contribution in [1.82, 2.24) is 0 Å². The normalized spacial score (nSPS) is 4.24. The second-order valence-electron chi connectivity index (χ2n) is 0.750. The van der Waals surface area contributed by atoms with Gasteiger partial charge in [-0.2, -0.15) is 0 Å². The van der Waals surface area contributed by atoms with Crippen molar-refractivity contribution in [2.45, 2.75) is 0 Å². The molecule has 0 saturated heterocycles. The maximum absolute atomic E-state index is 8.52. The van der Waals surface area contributed by atoms with Crippen molar-refractivity contribution in [1.29, 1.82) is 0 Å². The molecule has 0 saturated carbocycles. The molecular formula is O12Pr2Si3-6. The van der Waals surface area contributed by atoms with Gasteiger partial charge < -0.3 is 58.6 Å². The summed E-state index contributed by atoms with van der Waals surface area (Å²) in [6, 6.07) is 0. The fourth-order valence-corrected chi connectivity index (χ4v) is 0. The van der Waals surface area contributed by atoms with Gasteiger partial charge in [-0.05, 0) is 0 Å². The zero-order valence-corrected chi connectivity index (χ0v) is 18.0. The Kier molecular flexibility index (Phi) is 131. The molecule has 0 unspecified atom stereocenters. The molecule has 0 fully saturated rings. The monoisotopic (exact) mass is 558 g/mol. The Balaban J connectivity index is -0.0000000104. The molecule has 0 aromatic rings. The van der Waals surface area contributed by atoms with E-state index in [0.29, 0.717) is 0 Å². The molecule has 0 amide bonds. The summed E-state index contributed by atoms with van der Waals surface area (Å²) in [5.41, 5.74) is 0. The van der Waals surface area contributed by atoms with Crippen molar-refractivity contribution in [3.05, 3.63) is 0 Å². The predicted molar refractivity (Wildman–Crippen MR) is 21.4 cm³/mol. The Bertz CT molecular complexity index is 117. The Labute approximate surface area is 166 Å². The van der Waals surface area contributed by atoms with Gasteiger partial charge in [-0.3, -0.25) is 0 Å². The first-order valence-corrected chi connectivity index (χ1v) is 5.51. The summed E-state index contributed by atoms with van der Waals surface area (Å²) < 4.78 is 25.6. The zero-order valence-electron chi connectivity index (χ0n) is 7.55. The minimum Gasteiger partial charge on any atom is -2.00 e. The molecule has 0 radical (unpaired) electrons. The summed E-state index contributed by atoms with van der Waals surface area (Å²) >= 11 is 0. The first-order valence-electron chi connectivity index (χ1n) is 1.84. The van der Waals surface area contributed by atoms with Crippen LogP contribution in [-0.2, 0) is 29.8 Å². The van der Waals surface area contributed by atoms with E-state index in [0.717, 1.165) is 0 Å². The topological polar surface area (TPSA) is 275 Å². The SMILES string of the molecule is O=[Si]([O-])[O-].O=[Si]([O-])[O-].O=[Si]([O-])[O-].[O-2].[O-2].[O-2].[Pr+3].[Pr+3]. The van der Waals surface area contributed by atoms with Crippen LogP contribution in [0.1, 0.15) is 0 Å². The number of rotatable bonds is 0. The van der Waals surface area contributed by atoms with Gasteiger partial charge in [0.25, 0.3) is 0 Å². The maximum Gasteiger partial charge on any atom is 3.00 e. The molecule has 0 heterocycles. The van der Waals surface area contributed by atoms with E-state index in [2.05, 4.69) is 0 Å². The minimum atomic E-state index is -3.63. The fourth-order valence-electron chi connectivity index (χ4n) is 0. The van der Waals surface area contributed by atoms with Crippen LogP contribution < -0.4 is 28.8 Å². The molecule has 0 aliphatic rings. The van der Waals surface area contributed by atoms with Crippen LogP contribution in [0, 0.1) is 82.6 Å². The molecule has 0 aromatic heterocycles. The van der Waals surface area contributed by atoms with Crippen molar-refractivity contribution >= 4 is 27.5 Å². The summed E-state index contributed by atoms with van der Waals surface area (Å²) in [4.78, 5) is 51.1. The molecule has 17 heteroatoms. The van der Waals surface area contributed by atoms with Crippen molar-refractivity contribution in [2.75, 3.05) is 0 Å². The summed E-state index contributed by atoms with van der Waals surface area (Å²) in [7, 11) is -10.9. The molecule has 0 spiro atoms. The van der Waals surface area contributed by atoms with Gasteiger partial charge in [-0.1, -0.05) is 0 Å². The largest absolute Gasteiger partial charge is 3.00 e. The van der Waals surface area contributed by atoms with Gasteiger partial charge in [-0.25, -0.2) is 0 Å². The quantitative estimate of drug-likeness (QED) is 0.255. The first-order chi connectivity index (χ1) is 5.20. The molecule has 0 aliphatic carbocycles. The molecule has 0 rings (SSSR count). The van der Waals surface area contributed by atoms with Gasteiger partial charge in [0, 0.05) is 27.5 Å². The Hall–Kier alpha value is 1.46. The van der Waals surface area contributed by atoms with Crippen LogP contribution in [0.5, 0.6) is 0 Å². The number of hydrogen-bond acceptors (Lipinski definition) is 9. The summed E-state index contributed by atoms with van der Waals surface area (Å²) in [5.74, 6) is 0. The Morgan fingerprint density at radius 2 is 0.471 bits per heavy atom. The smallest absolute Gasteiger partial charge is 2.00 e. The van der Waals surface area contributed by atoms with Crippen LogP contribution in [0.4, 0.5) is 0 Å². The molecule has 0 aromatic carbocycles. The molecule has 96 valence electrons. The molecule has 0 aliphatic heterocycles. The third-order valence-electron chi connectivity index (χ3n) is 0. The van der Waals surface area contributed by atoms with Crippen molar-refractivity contribution in [3.63, 3.8) is 0 Å². The van der Waals surface area contributed by atoms with E-state index in [9.17, 15) is 0 Å². The summed E-state index contributed by atoms with van der Waals surface area (Å²) in [6.07, 6.45) is 0. The Morgan fingerprint density at radius 1 is 0.471 bits per heavy atom. The third kappa shape index (κ3) is 1960. The van der Waals surface area contributed by atoms with E-state index >= 15 is 0 Å². The second kappa shape index (κ2) is 43.2. The Morgan fingerprint density at radius 3 is 0.471 bits per heavy atom. The molecule has 0 N–H and O–H groups in total. The van der Waals surface area contributed by atoms with Crippen molar-refractivity contribution in [3.8, 4) is 0 Å². The van der Waals surface area contributed by atoms with Gasteiger partial charge in [0.15, 0.2) is 0 Å². The van der Waals surface area contributed by atoms with Gasteiger partial charge in [0.1, 0.15) is 0 Å². The van der Waals surface area contributed by atoms with E-state index in [1.165, 1.54) is 0 Å². The second-order valence-corrected chi connectivity index (χ2v) is 2.25. The summed E-state index contributed by atoms with van der Waals surface area (Å²) in [5, 5.41) is 0. The zero-order chi connectivity index (χ0) is 10.7. The van der Waals surface area contributed by atoms with E-state index in [1.54, 1.807) is 0 Å². The van der Waals surface area contributed by atoms with Gasteiger partial charge in [-0.15, -0.1) is 0 Å². The van der Waals surface area contributed by atoms with Crippen LogP contribution in [0.15, 0.2) is 0 Å². The molecule has 17 heavy (non-hydrogen) atoms. The van der Waals surface area contributed by atoms with Crippen LogP contribution in [0.2, 0.25) is 0 Å². The summed E-state index contributed by atoms with van der Waals surface area (Å²) in [6.45, 7) is 0. The first kappa shape index (κ1) is 51.4. The standard InChI is InChI=1S/3O3Si.3O.2Pr/c3*1-4(2)3;;;;;/q6*-2;2*+3. The van der Waals surface area contributed by atoms with Crippen LogP contribution in [0.25, 0.3) is 0 Å². The van der Waals surface area contributed by atoms with Crippen LogP contribution >= 0.6 is 0 Å². The van der Waals surface area contributed by atoms with Gasteiger partial charge in [0.2, 0.25) is 0 Å². The number of hydrogen-bond donors (Lipinski definition) is 0. The molecule has 0 bridgehead atoms. The minimum absolute atomic E-state index is 0. The van der Waals surface area contributed by atoms with Crippen molar-refractivity contribution in [2.24, 2.45) is 0 Å². The van der Waals surface area contributed by atoms with Crippen LogP contribution in [-0.4, -0.2) is 27.5 Å².